The van der Waals surface area contributed by atoms with Crippen LogP contribution in [0.15, 0.2) is 72.8 Å². The normalized spacial score (nSPS) is 11.5. The number of carbonyl (C=O) groups is 2. The summed E-state index contributed by atoms with van der Waals surface area (Å²) in [7, 11) is 0. The monoisotopic (exact) mass is 449 g/mol. The maximum absolute atomic E-state index is 12.7. The van der Waals surface area contributed by atoms with E-state index in [2.05, 4.69) is 31.3 Å². The van der Waals surface area contributed by atoms with Gasteiger partial charge in [-0.2, -0.15) is 0 Å². The highest BCUT2D eigenvalue weighted by atomic mass is 19.2. The lowest BCUT2D eigenvalue weighted by Crippen LogP contribution is -2.28. The summed E-state index contributed by atoms with van der Waals surface area (Å²) in [6.45, 7) is 7.31. The Morgan fingerprint density at radius 2 is 1.70 bits per heavy atom. The Labute approximate surface area is 194 Å². The van der Waals surface area contributed by atoms with Crippen molar-refractivity contribution in [3.8, 4) is 0 Å². The highest BCUT2D eigenvalue weighted by Gasteiger charge is 2.14. The Morgan fingerprint density at radius 3 is 2.27 bits per heavy atom. The third-order valence-electron chi connectivity index (χ3n) is 5.13. The predicted octanol–water partition coefficient (Wildman–Crippen LogP) is 7.08. The van der Waals surface area contributed by atoms with Crippen molar-refractivity contribution in [1.29, 1.82) is 0 Å². The van der Waals surface area contributed by atoms with Crippen molar-refractivity contribution in [3.05, 3.63) is 112 Å². The number of aryl methyl sites for hydroxylation is 1. The summed E-state index contributed by atoms with van der Waals surface area (Å²) in [6.07, 6.45) is 4.88. The average molecular weight is 450 g/mol. The van der Waals surface area contributed by atoms with E-state index >= 15 is 0 Å². The van der Waals surface area contributed by atoms with Crippen molar-refractivity contribution in [2.24, 2.45) is 0 Å². The summed E-state index contributed by atoms with van der Waals surface area (Å²) in [4.78, 5) is 23.1. The number of nitrogens with one attached hydrogen (secondary N) is 1. The number of hydrogen-bond acceptors (Lipinski definition) is 2. The molecule has 1 atom stereocenters. The summed E-state index contributed by atoms with van der Waals surface area (Å²) in [6, 6.07) is 19.5. The fourth-order valence-corrected chi connectivity index (χ4v) is 3.26. The van der Waals surface area contributed by atoms with E-state index in [-0.39, 0.29) is 17.5 Å². The van der Waals surface area contributed by atoms with Crippen LogP contribution in [-0.4, -0.2) is 11.7 Å². The third-order valence-corrected chi connectivity index (χ3v) is 5.13. The topological polar surface area (TPSA) is 46.2 Å². The number of rotatable bonds is 6. The molecule has 1 amide bonds. The first-order valence-electron chi connectivity index (χ1n) is 10.8. The van der Waals surface area contributed by atoms with E-state index < -0.39 is 17.4 Å². The zero-order chi connectivity index (χ0) is 24.4. The summed E-state index contributed by atoms with van der Waals surface area (Å²) in [5.74, 6) is -2.55. The van der Waals surface area contributed by atoms with Crippen LogP contribution in [0.2, 0.25) is 0 Å². The smallest absolute Gasteiger partial charge is 0.251 e. The first-order valence-corrected chi connectivity index (χ1v) is 10.8. The maximum atomic E-state index is 12.7. The molecular formula is C28H29F2NO2. The summed E-state index contributed by atoms with van der Waals surface area (Å²) < 4.78 is 25.1. The Balaban J connectivity index is 0.000000294. The lowest BCUT2D eigenvalue weighted by atomic mass is 10.0. The SMILES string of the molecule is C/C=C\c1cc(C(=O)NC(CC)c2ccccc2)ccc1C.CC(=O)c1cccc(F)c1F. The largest absolute Gasteiger partial charge is 0.345 e. The van der Waals surface area contributed by atoms with Crippen LogP contribution in [0.5, 0.6) is 0 Å². The summed E-state index contributed by atoms with van der Waals surface area (Å²) in [5.41, 5.74) is 3.89. The molecule has 172 valence electrons. The van der Waals surface area contributed by atoms with Gasteiger partial charge in [0.05, 0.1) is 11.6 Å². The molecule has 33 heavy (non-hydrogen) atoms. The van der Waals surface area contributed by atoms with Crippen molar-refractivity contribution in [2.45, 2.75) is 40.2 Å². The molecule has 3 aromatic carbocycles. The first kappa shape index (κ1) is 25.7. The van der Waals surface area contributed by atoms with Crippen molar-refractivity contribution in [1.82, 2.24) is 5.32 Å². The van der Waals surface area contributed by atoms with Gasteiger partial charge in [0.2, 0.25) is 0 Å². The van der Waals surface area contributed by atoms with E-state index in [1.54, 1.807) is 0 Å². The molecule has 5 heteroatoms. The van der Waals surface area contributed by atoms with Crippen LogP contribution >= 0.6 is 0 Å². The summed E-state index contributed by atoms with van der Waals surface area (Å²) >= 11 is 0. The number of carbonyl (C=O) groups excluding carboxylic acids is 2. The van der Waals surface area contributed by atoms with Crippen LogP contribution in [0.4, 0.5) is 8.78 Å². The highest BCUT2D eigenvalue weighted by Crippen LogP contribution is 2.18. The second-order valence-electron chi connectivity index (χ2n) is 7.57. The Bertz CT molecular complexity index is 1120. The van der Waals surface area contributed by atoms with Gasteiger partial charge >= 0.3 is 0 Å². The minimum atomic E-state index is -1.07. The minimum absolute atomic E-state index is 0.0264. The fraction of sp³-hybridized carbons (Fsp3) is 0.214. The second-order valence-corrected chi connectivity index (χ2v) is 7.57. The van der Waals surface area contributed by atoms with E-state index in [0.717, 1.165) is 23.6 Å². The maximum Gasteiger partial charge on any atom is 0.251 e. The van der Waals surface area contributed by atoms with Gasteiger partial charge in [-0.1, -0.05) is 61.5 Å². The van der Waals surface area contributed by atoms with E-state index in [1.165, 1.54) is 24.6 Å². The number of ketones is 1. The molecule has 0 aliphatic heterocycles. The molecule has 1 unspecified atom stereocenters. The molecule has 0 aliphatic carbocycles. The van der Waals surface area contributed by atoms with Gasteiger partial charge in [-0.05, 0) is 68.1 Å². The number of halogens is 2. The van der Waals surface area contributed by atoms with Crippen molar-refractivity contribution < 1.29 is 18.4 Å². The van der Waals surface area contributed by atoms with Crippen LogP contribution in [0.3, 0.4) is 0 Å². The molecule has 0 saturated carbocycles. The van der Waals surface area contributed by atoms with Crippen molar-refractivity contribution in [2.75, 3.05) is 0 Å². The number of allylic oxidation sites excluding steroid dienone is 1. The molecule has 3 rings (SSSR count). The van der Waals surface area contributed by atoms with E-state index in [0.29, 0.717) is 5.56 Å². The predicted molar refractivity (Wildman–Crippen MR) is 129 cm³/mol. The van der Waals surface area contributed by atoms with Crippen LogP contribution in [0, 0.1) is 18.6 Å². The second kappa shape index (κ2) is 12.4. The molecule has 0 aromatic heterocycles. The minimum Gasteiger partial charge on any atom is -0.345 e. The van der Waals surface area contributed by atoms with Crippen LogP contribution < -0.4 is 5.32 Å². The molecule has 0 bridgehead atoms. The molecule has 0 aliphatic rings. The third kappa shape index (κ3) is 7.21. The van der Waals surface area contributed by atoms with Gasteiger partial charge in [0.25, 0.3) is 5.91 Å². The fourth-order valence-electron chi connectivity index (χ4n) is 3.26. The molecule has 0 heterocycles. The van der Waals surface area contributed by atoms with Crippen LogP contribution in [0.1, 0.15) is 70.6 Å². The standard InChI is InChI=1S/C20H23NO.C8H6F2O/c1-4-9-17-14-18(13-12-15(17)3)20(22)21-19(5-2)16-10-7-6-8-11-16;1-5(11)6-3-2-4-7(9)8(6)10/h4,6-14,19H,5H2,1-3H3,(H,21,22);2-4H,1H3/b9-4-;. The van der Waals surface area contributed by atoms with E-state index in [9.17, 15) is 18.4 Å². The molecular weight excluding hydrogens is 420 g/mol. The van der Waals surface area contributed by atoms with Gasteiger partial charge < -0.3 is 5.32 Å². The average Bonchev–Trinajstić information content (AvgIpc) is 2.81. The highest BCUT2D eigenvalue weighted by molar-refractivity contribution is 5.95. The Morgan fingerprint density at radius 1 is 1.00 bits per heavy atom. The molecule has 1 N–H and O–H groups in total. The molecule has 0 radical (unpaired) electrons. The Hall–Kier alpha value is -3.60. The van der Waals surface area contributed by atoms with Gasteiger partial charge in [0.1, 0.15) is 0 Å². The lowest BCUT2D eigenvalue weighted by Gasteiger charge is -2.18. The summed E-state index contributed by atoms with van der Waals surface area (Å²) in [5, 5.41) is 3.13. The van der Waals surface area contributed by atoms with Crippen LogP contribution in [0.25, 0.3) is 6.08 Å². The molecule has 3 nitrogen and oxygen atoms in total. The number of benzene rings is 3. The molecule has 3 aromatic rings. The lowest BCUT2D eigenvalue weighted by molar-refractivity contribution is 0.0934. The van der Waals surface area contributed by atoms with Crippen molar-refractivity contribution in [3.63, 3.8) is 0 Å². The van der Waals surface area contributed by atoms with Gasteiger partial charge in [-0.25, -0.2) is 8.78 Å². The first-order chi connectivity index (χ1) is 15.8. The number of amides is 1. The van der Waals surface area contributed by atoms with Crippen molar-refractivity contribution >= 4 is 17.8 Å². The zero-order valence-electron chi connectivity index (χ0n) is 19.4. The van der Waals surface area contributed by atoms with Crippen LogP contribution in [-0.2, 0) is 0 Å². The molecule has 0 saturated heterocycles. The quantitative estimate of drug-likeness (QED) is 0.409. The van der Waals surface area contributed by atoms with Gasteiger partial charge in [0.15, 0.2) is 17.4 Å². The van der Waals surface area contributed by atoms with E-state index in [4.69, 9.17) is 0 Å². The zero-order valence-corrected chi connectivity index (χ0v) is 19.4. The number of hydrogen-bond donors (Lipinski definition) is 1. The van der Waals surface area contributed by atoms with Gasteiger partial charge in [-0.15, -0.1) is 0 Å². The van der Waals surface area contributed by atoms with E-state index in [1.807, 2.05) is 55.5 Å². The van der Waals surface area contributed by atoms with Gasteiger partial charge in [0, 0.05) is 5.56 Å². The molecule has 0 spiro atoms. The molecule has 0 fully saturated rings. The Kier molecular flexibility index (Phi) is 9.67. The number of Topliss-reactive ketones (excluding diaryl/α,β-unsaturated/α-hetero) is 1. The van der Waals surface area contributed by atoms with Gasteiger partial charge in [-0.3, -0.25) is 9.59 Å².